The molecule has 0 saturated carbocycles. The van der Waals surface area contributed by atoms with Gasteiger partial charge in [-0.3, -0.25) is 10.1 Å². The van der Waals surface area contributed by atoms with Crippen molar-refractivity contribution in [1.29, 1.82) is 0 Å². The molecule has 0 aliphatic heterocycles. The Balaban J connectivity index is -0.000000202. The maximum Gasteiger partial charge on any atom is 0.239 e. The fourth-order valence-corrected chi connectivity index (χ4v) is 0.712. The van der Waals surface area contributed by atoms with Gasteiger partial charge in [0.2, 0.25) is 5.91 Å². The van der Waals surface area contributed by atoms with Crippen molar-refractivity contribution < 1.29 is 108 Å². The van der Waals surface area contributed by atoms with E-state index in [0.717, 1.165) is 0 Å². The van der Waals surface area contributed by atoms with Gasteiger partial charge in [-0.05, 0) is 13.8 Å². The molecule has 0 aromatic rings. The Morgan fingerprint density at radius 1 is 1.20 bits per heavy atom. The van der Waals surface area contributed by atoms with Gasteiger partial charge in [-0.25, -0.2) is 0 Å². The summed E-state index contributed by atoms with van der Waals surface area (Å²) < 4.78 is 0. The zero-order chi connectivity index (χ0) is 9.78. The average Bonchev–Trinajstić information content (AvgIpc) is 1.99. The SMILES string of the molecule is [CH2-]C(=O)CNC(C)(C)C(=O)NC.[Y].[Y].[Y]. The van der Waals surface area contributed by atoms with Gasteiger partial charge >= 0.3 is 0 Å². The van der Waals surface area contributed by atoms with Crippen LogP contribution >= 0.6 is 0 Å². The van der Waals surface area contributed by atoms with Crippen LogP contribution in [0.5, 0.6) is 0 Å². The van der Waals surface area contributed by atoms with Gasteiger partial charge in [0.05, 0.1) is 5.54 Å². The number of rotatable bonds is 4. The fraction of sp³-hybridized carbons (Fsp3) is 0.625. The van der Waals surface area contributed by atoms with Crippen LogP contribution in [0.15, 0.2) is 0 Å². The van der Waals surface area contributed by atoms with E-state index in [1.807, 2.05) is 0 Å². The summed E-state index contributed by atoms with van der Waals surface area (Å²) in [4.78, 5) is 21.6. The molecule has 2 N–H and O–H groups in total. The Morgan fingerprint density at radius 2 is 1.60 bits per heavy atom. The number of hydrogen-bond acceptors (Lipinski definition) is 3. The first-order valence-electron chi connectivity index (χ1n) is 3.72. The smallest absolute Gasteiger partial charge is 0.239 e. The number of hydrogen-bond donors (Lipinski definition) is 2. The summed E-state index contributed by atoms with van der Waals surface area (Å²) in [6.45, 7) is 6.71. The topological polar surface area (TPSA) is 58.2 Å². The summed E-state index contributed by atoms with van der Waals surface area (Å²) in [6.07, 6.45) is 0. The van der Waals surface area contributed by atoms with Crippen LogP contribution in [0.3, 0.4) is 0 Å². The first kappa shape index (κ1) is 26.0. The van der Waals surface area contributed by atoms with Crippen LogP contribution in [0.4, 0.5) is 0 Å². The molecule has 0 unspecified atom stereocenters. The van der Waals surface area contributed by atoms with E-state index in [4.69, 9.17) is 0 Å². The Labute approximate surface area is 167 Å². The predicted molar refractivity (Wildman–Crippen MR) is 46.5 cm³/mol. The van der Waals surface area contributed by atoms with Crippen molar-refractivity contribution in [2.24, 2.45) is 0 Å². The Morgan fingerprint density at radius 3 is 1.87 bits per heavy atom. The Bertz CT molecular complexity index is 198. The molecular weight excluding hydrogens is 423 g/mol. The normalized spacial score (nSPS) is 8.73. The van der Waals surface area contributed by atoms with Crippen LogP contribution in [-0.4, -0.2) is 30.8 Å². The fourth-order valence-electron chi connectivity index (χ4n) is 0.712. The third-order valence-electron chi connectivity index (χ3n) is 1.52. The van der Waals surface area contributed by atoms with Crippen molar-refractivity contribution in [2.75, 3.05) is 13.6 Å². The molecule has 0 aromatic carbocycles. The monoisotopic (exact) mass is 438 g/mol. The number of carbonyl (C=O) groups is 2. The minimum atomic E-state index is -0.720. The van der Waals surface area contributed by atoms with Crippen molar-refractivity contribution in [3.05, 3.63) is 6.92 Å². The third-order valence-corrected chi connectivity index (χ3v) is 1.52. The molecule has 0 aromatic heterocycles. The van der Waals surface area contributed by atoms with E-state index in [1.54, 1.807) is 20.9 Å². The van der Waals surface area contributed by atoms with Crippen molar-refractivity contribution in [3.8, 4) is 0 Å². The maximum absolute atomic E-state index is 11.1. The Hall–Kier alpha value is 2.28. The minimum absolute atomic E-state index is 0. The molecule has 0 spiro atoms. The molecule has 4 nitrogen and oxygen atoms in total. The number of nitrogens with one attached hydrogen (secondary N) is 2. The second-order valence-corrected chi connectivity index (χ2v) is 3.10. The van der Waals surface area contributed by atoms with Crippen LogP contribution in [0.2, 0.25) is 0 Å². The van der Waals surface area contributed by atoms with Gasteiger partial charge in [-0.15, -0.1) is 0 Å². The van der Waals surface area contributed by atoms with E-state index in [2.05, 4.69) is 17.6 Å². The zero-order valence-electron chi connectivity index (χ0n) is 9.46. The molecule has 1 amide bonds. The van der Waals surface area contributed by atoms with Crippen molar-refractivity contribution >= 4 is 11.7 Å². The summed E-state index contributed by atoms with van der Waals surface area (Å²) in [6, 6.07) is 0. The number of amides is 1. The number of ketones is 1. The minimum Gasteiger partial charge on any atom is -0.358 e. The van der Waals surface area contributed by atoms with Gasteiger partial charge in [-0.2, -0.15) is 0 Å². The van der Waals surface area contributed by atoms with Crippen LogP contribution in [-0.2, 0) is 108 Å². The van der Waals surface area contributed by atoms with Crippen LogP contribution in [0.25, 0.3) is 0 Å². The molecule has 79 valence electrons. The summed E-state index contributed by atoms with van der Waals surface area (Å²) in [5.74, 6) is -0.379. The van der Waals surface area contributed by atoms with Gasteiger partial charge in [0.1, 0.15) is 0 Å². The van der Waals surface area contributed by atoms with E-state index in [-0.39, 0.29) is 116 Å². The number of Topliss-reactive ketones (excluding diaryl/α,β-unsaturated/α-hetero) is 1. The average molecular weight is 438 g/mol. The summed E-state index contributed by atoms with van der Waals surface area (Å²) in [5, 5.41) is 5.28. The molecular formula is C8H15N2O2Y3-. The van der Waals surface area contributed by atoms with Crippen LogP contribution in [0, 0.1) is 6.92 Å². The molecule has 0 fully saturated rings. The molecule has 0 atom stereocenters. The van der Waals surface area contributed by atoms with E-state index in [9.17, 15) is 9.59 Å². The van der Waals surface area contributed by atoms with Gasteiger partial charge in [-0.1, -0.05) is 0 Å². The zero-order valence-corrected chi connectivity index (χ0v) is 18.0. The second-order valence-electron chi connectivity index (χ2n) is 3.10. The van der Waals surface area contributed by atoms with Crippen molar-refractivity contribution in [1.82, 2.24) is 10.6 Å². The predicted octanol–water partition coefficient (Wildman–Crippen LogP) is -0.504. The number of carbonyl (C=O) groups excluding carboxylic acids is 2. The van der Waals surface area contributed by atoms with Crippen LogP contribution in [0.1, 0.15) is 13.8 Å². The molecule has 0 bridgehead atoms. The van der Waals surface area contributed by atoms with Crippen LogP contribution < -0.4 is 10.6 Å². The Kier molecular flexibility index (Phi) is 22.0. The number of likely N-dealkylation sites (N-methyl/N-ethyl adjacent to an activating group) is 1. The first-order valence-corrected chi connectivity index (χ1v) is 3.72. The first-order chi connectivity index (χ1) is 5.40. The molecule has 0 aliphatic rings. The molecule has 0 rings (SSSR count). The molecule has 15 heavy (non-hydrogen) atoms. The van der Waals surface area contributed by atoms with Gasteiger partial charge < -0.3 is 17.0 Å². The summed E-state index contributed by atoms with van der Waals surface area (Å²) in [7, 11) is 1.55. The molecule has 7 heteroatoms. The van der Waals surface area contributed by atoms with E-state index < -0.39 is 5.54 Å². The van der Waals surface area contributed by atoms with E-state index >= 15 is 0 Å². The third kappa shape index (κ3) is 12.5. The maximum atomic E-state index is 11.1. The molecule has 3 radical (unpaired) electrons. The standard InChI is InChI=1S/C8H15N2O2.3Y/c1-6(11)5-10-8(2,3)7(12)9-4;;;/h10H,1,5H2,2-4H3,(H,9,12);;;/q-1;;;. The van der Waals surface area contributed by atoms with Gasteiger partial charge in [0, 0.05) is 118 Å². The van der Waals surface area contributed by atoms with Crippen molar-refractivity contribution in [2.45, 2.75) is 19.4 Å². The molecule has 0 aliphatic carbocycles. The molecule has 0 saturated heterocycles. The quantitative estimate of drug-likeness (QED) is 0.583. The van der Waals surface area contributed by atoms with E-state index in [1.165, 1.54) is 0 Å². The largest absolute Gasteiger partial charge is 0.358 e. The van der Waals surface area contributed by atoms with Gasteiger partial charge in [0.25, 0.3) is 0 Å². The summed E-state index contributed by atoms with van der Waals surface area (Å²) in [5.41, 5.74) is -0.720. The van der Waals surface area contributed by atoms with E-state index in [0.29, 0.717) is 0 Å². The molecule has 0 heterocycles. The second kappa shape index (κ2) is 12.7. The van der Waals surface area contributed by atoms with Gasteiger partial charge in [0.15, 0.2) is 0 Å². The van der Waals surface area contributed by atoms with Crippen molar-refractivity contribution in [3.63, 3.8) is 0 Å². The summed E-state index contributed by atoms with van der Waals surface area (Å²) >= 11 is 0.